The number of hydrogen-bond acceptors (Lipinski definition) is 5. The molecule has 3 heterocycles. The minimum atomic E-state index is -4.55. The maximum Gasteiger partial charge on any atom is 0.443 e. The van der Waals surface area contributed by atoms with Crippen LogP contribution < -0.4 is 0 Å². The smallest absolute Gasteiger partial charge is 0.327 e. The molecule has 0 saturated carbocycles. The van der Waals surface area contributed by atoms with E-state index in [9.17, 15) is 26.7 Å². The molecular formula is C17H12F5N5OS. The van der Waals surface area contributed by atoms with Crippen LogP contribution in [0.2, 0.25) is 0 Å². The summed E-state index contributed by atoms with van der Waals surface area (Å²) in [5, 5.41) is 8.23. The van der Waals surface area contributed by atoms with Crippen LogP contribution in [0, 0.1) is 11.6 Å². The number of rotatable bonds is 2. The average Bonchev–Trinajstić information content (AvgIpc) is 3.30. The first-order chi connectivity index (χ1) is 13.7. The summed E-state index contributed by atoms with van der Waals surface area (Å²) >= 11 is 0.463. The molecule has 3 aromatic rings. The SMILES string of the molecule is C[C@@H]1c2nnc(-c3csc(C(F)(F)F)n3)n2CCN1C(=O)c1ccc(F)c(F)c1. The number of alkyl halides is 3. The van der Waals surface area contributed by atoms with Crippen molar-refractivity contribution in [2.24, 2.45) is 0 Å². The highest BCUT2D eigenvalue weighted by Crippen LogP contribution is 2.35. The van der Waals surface area contributed by atoms with Gasteiger partial charge in [0.15, 0.2) is 28.3 Å². The molecule has 0 saturated heterocycles. The van der Waals surface area contributed by atoms with Crippen molar-refractivity contribution in [3.63, 3.8) is 0 Å². The van der Waals surface area contributed by atoms with Gasteiger partial charge in [0.1, 0.15) is 5.69 Å². The van der Waals surface area contributed by atoms with Crippen LogP contribution in [0.15, 0.2) is 23.6 Å². The normalized spacial score (nSPS) is 16.8. The lowest BCUT2D eigenvalue weighted by Gasteiger charge is -2.33. The van der Waals surface area contributed by atoms with Gasteiger partial charge in [-0.1, -0.05) is 0 Å². The summed E-state index contributed by atoms with van der Waals surface area (Å²) in [7, 11) is 0. The molecule has 1 aliphatic rings. The fourth-order valence-corrected chi connectivity index (χ4v) is 3.82. The molecule has 0 spiro atoms. The minimum Gasteiger partial charge on any atom is -0.327 e. The fraction of sp³-hybridized carbons (Fsp3) is 0.294. The third-order valence-corrected chi connectivity index (χ3v) is 5.48. The largest absolute Gasteiger partial charge is 0.443 e. The molecule has 1 amide bonds. The highest BCUT2D eigenvalue weighted by Gasteiger charge is 2.36. The monoisotopic (exact) mass is 429 g/mol. The maximum atomic E-state index is 13.5. The highest BCUT2D eigenvalue weighted by molar-refractivity contribution is 7.10. The van der Waals surface area contributed by atoms with Gasteiger partial charge < -0.3 is 9.47 Å². The fourth-order valence-electron chi connectivity index (χ4n) is 3.15. The second-order valence-electron chi connectivity index (χ2n) is 6.37. The number of aromatic nitrogens is 4. The van der Waals surface area contributed by atoms with Crippen molar-refractivity contribution in [3.05, 3.63) is 51.6 Å². The number of nitrogens with zero attached hydrogens (tertiary/aromatic N) is 5. The molecule has 1 aromatic carbocycles. The second kappa shape index (κ2) is 6.87. The first kappa shape index (κ1) is 19.4. The van der Waals surface area contributed by atoms with Gasteiger partial charge in [0, 0.05) is 24.0 Å². The van der Waals surface area contributed by atoms with Gasteiger partial charge >= 0.3 is 6.18 Å². The number of thiazole rings is 1. The number of carbonyl (C=O) groups excluding carboxylic acids is 1. The van der Waals surface area contributed by atoms with E-state index in [1.165, 1.54) is 16.3 Å². The van der Waals surface area contributed by atoms with E-state index >= 15 is 0 Å². The quantitative estimate of drug-likeness (QED) is 0.580. The molecular weight excluding hydrogens is 417 g/mol. The first-order valence-corrected chi connectivity index (χ1v) is 9.27. The Morgan fingerprint density at radius 3 is 2.59 bits per heavy atom. The molecule has 0 unspecified atom stereocenters. The molecule has 0 radical (unpaired) electrons. The molecule has 0 bridgehead atoms. The van der Waals surface area contributed by atoms with Crippen LogP contribution in [0.4, 0.5) is 22.0 Å². The van der Waals surface area contributed by atoms with Crippen LogP contribution in [-0.2, 0) is 12.7 Å². The van der Waals surface area contributed by atoms with Crippen LogP contribution >= 0.6 is 11.3 Å². The van der Waals surface area contributed by atoms with E-state index < -0.39 is 34.8 Å². The molecule has 12 heteroatoms. The van der Waals surface area contributed by atoms with Crippen LogP contribution in [-0.4, -0.2) is 37.1 Å². The maximum absolute atomic E-state index is 13.5. The Bertz CT molecular complexity index is 1090. The van der Waals surface area contributed by atoms with Gasteiger partial charge in [-0.2, -0.15) is 13.2 Å². The van der Waals surface area contributed by atoms with Gasteiger partial charge in [-0.25, -0.2) is 13.8 Å². The van der Waals surface area contributed by atoms with E-state index in [0.717, 1.165) is 12.1 Å². The van der Waals surface area contributed by atoms with E-state index in [2.05, 4.69) is 15.2 Å². The lowest BCUT2D eigenvalue weighted by Crippen LogP contribution is -2.41. The highest BCUT2D eigenvalue weighted by atomic mass is 32.1. The van der Waals surface area contributed by atoms with Gasteiger partial charge in [-0.15, -0.1) is 21.5 Å². The van der Waals surface area contributed by atoms with Gasteiger partial charge in [0.05, 0.1) is 6.04 Å². The third-order valence-electron chi connectivity index (χ3n) is 4.59. The topological polar surface area (TPSA) is 63.9 Å². The molecule has 0 N–H and O–H groups in total. The van der Waals surface area contributed by atoms with Crippen molar-refractivity contribution in [1.82, 2.24) is 24.6 Å². The molecule has 4 rings (SSSR count). The Labute approximate surface area is 164 Å². The Morgan fingerprint density at radius 2 is 1.93 bits per heavy atom. The van der Waals surface area contributed by atoms with Crippen molar-refractivity contribution in [2.75, 3.05) is 6.54 Å². The predicted octanol–water partition coefficient (Wildman–Crippen LogP) is 3.92. The Hall–Kier alpha value is -2.89. The molecule has 1 atom stereocenters. The van der Waals surface area contributed by atoms with Crippen molar-refractivity contribution >= 4 is 17.2 Å². The van der Waals surface area contributed by atoms with Crippen molar-refractivity contribution < 1.29 is 26.7 Å². The minimum absolute atomic E-state index is 0.0155. The summed E-state index contributed by atoms with van der Waals surface area (Å²) in [6, 6.07) is 2.30. The number of halogens is 5. The molecule has 1 aliphatic heterocycles. The van der Waals surface area contributed by atoms with Gasteiger partial charge in [-0.05, 0) is 25.1 Å². The van der Waals surface area contributed by atoms with E-state index in [1.54, 1.807) is 11.5 Å². The van der Waals surface area contributed by atoms with E-state index in [0.29, 0.717) is 17.2 Å². The van der Waals surface area contributed by atoms with Gasteiger partial charge in [0.2, 0.25) is 0 Å². The Morgan fingerprint density at radius 1 is 1.17 bits per heavy atom. The first-order valence-electron chi connectivity index (χ1n) is 8.39. The van der Waals surface area contributed by atoms with Crippen molar-refractivity contribution in [2.45, 2.75) is 25.7 Å². The molecule has 6 nitrogen and oxygen atoms in total. The van der Waals surface area contributed by atoms with Crippen LogP contribution in [0.1, 0.15) is 34.2 Å². The average molecular weight is 429 g/mol. The standard InChI is InChI=1S/C17H12F5N5OS/c1-8-13-24-25-14(12-7-29-16(23-12)17(20,21)22)27(13)5-4-26(8)15(28)9-2-3-10(18)11(19)6-9/h2-3,6-8H,4-5H2,1H3/t8-/m1/s1. The summed E-state index contributed by atoms with van der Waals surface area (Å²) in [6.45, 7) is 2.08. The van der Waals surface area contributed by atoms with E-state index in [4.69, 9.17) is 0 Å². The summed E-state index contributed by atoms with van der Waals surface area (Å²) < 4.78 is 66.6. The summed E-state index contributed by atoms with van der Waals surface area (Å²) in [5.74, 6) is -2.16. The molecule has 0 aliphatic carbocycles. The molecule has 2 aromatic heterocycles. The predicted molar refractivity (Wildman–Crippen MR) is 91.9 cm³/mol. The summed E-state index contributed by atoms with van der Waals surface area (Å²) in [4.78, 5) is 17.7. The van der Waals surface area contributed by atoms with E-state index in [1.807, 2.05) is 0 Å². The molecule has 152 valence electrons. The van der Waals surface area contributed by atoms with Crippen molar-refractivity contribution in [3.8, 4) is 11.5 Å². The second-order valence-corrected chi connectivity index (χ2v) is 7.23. The number of amides is 1. The summed E-state index contributed by atoms with van der Waals surface area (Å²) in [5.41, 5.74) is 0.0342. The molecule has 29 heavy (non-hydrogen) atoms. The van der Waals surface area contributed by atoms with Gasteiger partial charge in [0.25, 0.3) is 5.91 Å². The zero-order valence-corrected chi connectivity index (χ0v) is 15.6. The van der Waals surface area contributed by atoms with Crippen LogP contribution in [0.25, 0.3) is 11.5 Å². The lowest BCUT2D eigenvalue weighted by molar-refractivity contribution is -0.137. The Kier molecular flexibility index (Phi) is 4.60. The van der Waals surface area contributed by atoms with E-state index in [-0.39, 0.29) is 30.2 Å². The molecule has 0 fully saturated rings. The zero-order chi connectivity index (χ0) is 20.9. The van der Waals surface area contributed by atoms with Crippen LogP contribution in [0.3, 0.4) is 0 Å². The van der Waals surface area contributed by atoms with Crippen molar-refractivity contribution in [1.29, 1.82) is 0 Å². The third kappa shape index (κ3) is 3.37. The Balaban J connectivity index is 1.62. The number of hydrogen-bond donors (Lipinski definition) is 0. The lowest BCUT2D eigenvalue weighted by atomic mass is 10.1. The summed E-state index contributed by atoms with van der Waals surface area (Å²) in [6.07, 6.45) is -4.55. The number of carbonyl (C=O) groups is 1. The van der Waals surface area contributed by atoms with Crippen LogP contribution in [0.5, 0.6) is 0 Å². The number of benzene rings is 1. The zero-order valence-electron chi connectivity index (χ0n) is 14.7. The number of fused-ring (bicyclic) bond motifs is 1. The van der Waals surface area contributed by atoms with Gasteiger partial charge in [-0.3, -0.25) is 4.79 Å².